The van der Waals surface area contributed by atoms with Crippen LogP contribution in [0.4, 0.5) is 18.9 Å². The van der Waals surface area contributed by atoms with E-state index in [2.05, 4.69) is 15.0 Å². The van der Waals surface area contributed by atoms with Crippen molar-refractivity contribution in [1.82, 2.24) is 4.98 Å². The summed E-state index contributed by atoms with van der Waals surface area (Å²) in [5.74, 6) is -1.55. The molecule has 33 heavy (non-hydrogen) atoms. The molecule has 7 nitrogen and oxygen atoms in total. The molecule has 1 unspecified atom stereocenters. The fraction of sp³-hybridized carbons (Fsp3) is 0.348. The van der Waals surface area contributed by atoms with Crippen LogP contribution in [0.25, 0.3) is 0 Å². The lowest BCUT2D eigenvalue weighted by Crippen LogP contribution is -2.28. The van der Waals surface area contributed by atoms with Gasteiger partial charge in [0.2, 0.25) is 5.88 Å². The Bertz CT molecular complexity index is 1150. The molecule has 0 amide bonds. The molecular formula is C23H22F3N3O4. The molecule has 0 bridgehead atoms. The molecule has 0 fully saturated rings. The first-order chi connectivity index (χ1) is 15.6. The Balaban J connectivity index is 2.28. The fourth-order valence-electron chi connectivity index (χ4n) is 3.74. The van der Waals surface area contributed by atoms with Crippen molar-refractivity contribution in [1.29, 1.82) is 5.26 Å². The average Bonchev–Trinajstić information content (AvgIpc) is 2.78. The number of nitrogens with zero attached hydrogens (tertiary/aromatic N) is 2. The number of carbonyl (C=O) groups is 1. The van der Waals surface area contributed by atoms with Gasteiger partial charge >= 0.3 is 12.1 Å². The van der Waals surface area contributed by atoms with E-state index in [1.807, 2.05) is 13.0 Å². The first-order valence-corrected chi connectivity index (χ1v) is 10.0. The van der Waals surface area contributed by atoms with Gasteiger partial charge in [0, 0.05) is 17.5 Å². The monoisotopic (exact) mass is 461 g/mol. The van der Waals surface area contributed by atoms with E-state index in [1.165, 1.54) is 19.2 Å². The number of carbonyl (C=O) groups excluding carboxylic acids is 1. The van der Waals surface area contributed by atoms with Crippen molar-refractivity contribution in [3.63, 3.8) is 0 Å². The van der Waals surface area contributed by atoms with Crippen LogP contribution in [0, 0.1) is 18.3 Å². The van der Waals surface area contributed by atoms with Crippen LogP contribution in [0.2, 0.25) is 0 Å². The zero-order valence-electron chi connectivity index (χ0n) is 18.5. The molecular weight excluding hydrogens is 439 g/mol. The number of hydrogen-bond donors (Lipinski definition) is 1. The summed E-state index contributed by atoms with van der Waals surface area (Å²) in [5, 5.41) is 12.4. The van der Waals surface area contributed by atoms with Crippen LogP contribution in [-0.2, 0) is 9.53 Å². The number of rotatable bonds is 6. The van der Waals surface area contributed by atoms with Crippen molar-refractivity contribution in [3.8, 4) is 17.7 Å². The molecule has 1 aliphatic heterocycles. The lowest BCUT2D eigenvalue weighted by Gasteiger charge is -2.32. The van der Waals surface area contributed by atoms with Crippen molar-refractivity contribution in [2.45, 2.75) is 32.9 Å². The summed E-state index contributed by atoms with van der Waals surface area (Å²) in [7, 11) is 1.40. The number of aromatic nitrogens is 1. The Morgan fingerprint density at radius 3 is 2.64 bits per heavy atom. The van der Waals surface area contributed by atoms with Gasteiger partial charge in [0.05, 0.1) is 48.1 Å². The maximum Gasteiger partial charge on any atom is 0.422 e. The molecule has 174 valence electrons. The third-order valence-electron chi connectivity index (χ3n) is 5.10. The van der Waals surface area contributed by atoms with Gasteiger partial charge in [-0.25, -0.2) is 9.78 Å². The zero-order valence-corrected chi connectivity index (χ0v) is 18.5. The van der Waals surface area contributed by atoms with Crippen molar-refractivity contribution >= 4 is 11.7 Å². The highest BCUT2D eigenvalue weighted by molar-refractivity contribution is 5.95. The van der Waals surface area contributed by atoms with E-state index in [9.17, 15) is 23.2 Å². The first kappa shape index (κ1) is 23.9. The van der Waals surface area contributed by atoms with Crippen LogP contribution in [0.15, 0.2) is 35.7 Å². The number of ether oxygens (including phenoxy) is 3. The number of halogens is 3. The van der Waals surface area contributed by atoms with E-state index in [0.29, 0.717) is 28.1 Å². The van der Waals surface area contributed by atoms with E-state index >= 15 is 0 Å². The van der Waals surface area contributed by atoms with Gasteiger partial charge in [-0.3, -0.25) is 0 Å². The third kappa shape index (κ3) is 4.87. The second-order valence-electron chi connectivity index (χ2n) is 7.32. The zero-order chi connectivity index (χ0) is 24.3. The smallest absolute Gasteiger partial charge is 0.422 e. The molecule has 3 rings (SSSR count). The summed E-state index contributed by atoms with van der Waals surface area (Å²) in [6.07, 6.45) is -3.08. The standard InChI is InChI=1S/C23H22F3N3O4/c1-5-32-21-19-18(15-7-6-14(9-27)8-16(15)31-4)17(22(30)33-11-23(24,25)26)13(3)29-20(19)12(2)10-28-21/h6-8,10,18,29H,5,11H2,1-4H3. The highest BCUT2D eigenvalue weighted by Crippen LogP contribution is 2.49. The van der Waals surface area contributed by atoms with Gasteiger partial charge in [-0.2, -0.15) is 18.4 Å². The van der Waals surface area contributed by atoms with Crippen molar-refractivity contribution in [2.24, 2.45) is 0 Å². The predicted molar refractivity (Wildman–Crippen MR) is 113 cm³/mol. The Labute approximate surface area is 188 Å². The molecule has 2 heterocycles. The highest BCUT2D eigenvalue weighted by Gasteiger charge is 2.40. The predicted octanol–water partition coefficient (Wildman–Crippen LogP) is 4.61. The van der Waals surface area contributed by atoms with Gasteiger partial charge in [-0.1, -0.05) is 6.07 Å². The Kier molecular flexibility index (Phi) is 6.81. The van der Waals surface area contributed by atoms with Crippen molar-refractivity contribution in [3.05, 3.63) is 57.9 Å². The van der Waals surface area contributed by atoms with Gasteiger partial charge in [-0.05, 0) is 38.5 Å². The minimum atomic E-state index is -4.68. The number of allylic oxidation sites excluding steroid dienone is 1. The highest BCUT2D eigenvalue weighted by atomic mass is 19.4. The topological polar surface area (TPSA) is 93.5 Å². The Morgan fingerprint density at radius 1 is 1.30 bits per heavy atom. The largest absolute Gasteiger partial charge is 0.496 e. The van der Waals surface area contributed by atoms with Crippen LogP contribution in [0.3, 0.4) is 0 Å². The molecule has 0 saturated carbocycles. The summed E-state index contributed by atoms with van der Waals surface area (Å²) in [5.41, 5.74) is 2.88. The first-order valence-electron chi connectivity index (χ1n) is 10.0. The summed E-state index contributed by atoms with van der Waals surface area (Å²) in [6.45, 7) is 3.70. The number of nitrogens with one attached hydrogen (secondary N) is 1. The lowest BCUT2D eigenvalue weighted by molar-refractivity contribution is -0.183. The van der Waals surface area contributed by atoms with Gasteiger partial charge < -0.3 is 19.5 Å². The maximum absolute atomic E-state index is 13.0. The number of benzene rings is 1. The number of aryl methyl sites for hydroxylation is 1. The summed E-state index contributed by atoms with van der Waals surface area (Å²) < 4.78 is 54.1. The number of fused-ring (bicyclic) bond motifs is 1. The average molecular weight is 461 g/mol. The summed E-state index contributed by atoms with van der Waals surface area (Å²) in [6, 6.07) is 6.64. The van der Waals surface area contributed by atoms with Crippen LogP contribution >= 0.6 is 0 Å². The molecule has 1 atom stereocenters. The maximum atomic E-state index is 13.0. The lowest BCUT2D eigenvalue weighted by atomic mass is 9.79. The number of hydrogen-bond acceptors (Lipinski definition) is 7. The van der Waals surface area contributed by atoms with Gasteiger partial charge in [0.15, 0.2) is 6.61 Å². The van der Waals surface area contributed by atoms with Crippen LogP contribution in [-0.4, -0.2) is 37.5 Å². The third-order valence-corrected chi connectivity index (χ3v) is 5.10. The normalized spacial score (nSPS) is 15.3. The van der Waals surface area contributed by atoms with E-state index in [1.54, 1.807) is 26.1 Å². The number of pyridine rings is 1. The number of esters is 1. The number of methoxy groups -OCH3 is 1. The second kappa shape index (κ2) is 9.40. The SMILES string of the molecule is CCOc1ncc(C)c2c1C(c1ccc(C#N)cc1OC)C(C(=O)OCC(F)(F)F)=C(C)N2. The molecule has 0 spiro atoms. The molecule has 1 N–H and O–H groups in total. The molecule has 0 aliphatic carbocycles. The quantitative estimate of drug-likeness (QED) is 0.628. The Hall–Kier alpha value is -3.74. The minimum absolute atomic E-state index is 0.0388. The van der Waals surface area contributed by atoms with Crippen molar-refractivity contribution < 1.29 is 32.2 Å². The number of alkyl halides is 3. The molecule has 10 heteroatoms. The summed E-state index contributed by atoms with van der Waals surface area (Å²) >= 11 is 0. The number of nitriles is 1. The molecule has 1 aromatic heterocycles. The van der Waals surface area contributed by atoms with Gasteiger partial charge in [0.25, 0.3) is 0 Å². The van der Waals surface area contributed by atoms with E-state index in [0.717, 1.165) is 5.56 Å². The van der Waals surface area contributed by atoms with Crippen molar-refractivity contribution in [2.75, 3.05) is 25.6 Å². The molecule has 1 aliphatic rings. The minimum Gasteiger partial charge on any atom is -0.496 e. The second-order valence-corrected chi connectivity index (χ2v) is 7.32. The van der Waals surface area contributed by atoms with Crippen LogP contribution < -0.4 is 14.8 Å². The van der Waals surface area contributed by atoms with E-state index < -0.39 is 24.7 Å². The van der Waals surface area contributed by atoms with E-state index in [-0.39, 0.29) is 23.8 Å². The summed E-state index contributed by atoms with van der Waals surface area (Å²) in [4.78, 5) is 17.3. The molecule has 0 radical (unpaired) electrons. The van der Waals surface area contributed by atoms with Crippen LogP contribution in [0.1, 0.15) is 42.0 Å². The van der Waals surface area contributed by atoms with Gasteiger partial charge in [0.1, 0.15) is 5.75 Å². The fourth-order valence-corrected chi connectivity index (χ4v) is 3.74. The van der Waals surface area contributed by atoms with Crippen LogP contribution in [0.5, 0.6) is 11.6 Å². The number of anilines is 1. The molecule has 1 aromatic carbocycles. The van der Waals surface area contributed by atoms with E-state index in [4.69, 9.17) is 9.47 Å². The van der Waals surface area contributed by atoms with Gasteiger partial charge in [-0.15, -0.1) is 0 Å². The molecule has 2 aromatic rings. The Morgan fingerprint density at radius 2 is 2.03 bits per heavy atom. The molecule has 0 saturated heterocycles.